The van der Waals surface area contributed by atoms with Gasteiger partial charge in [-0.2, -0.15) is 0 Å². The molecule has 0 spiro atoms. The van der Waals surface area contributed by atoms with Gasteiger partial charge in [0, 0.05) is 44.0 Å². The molecule has 1 atom stereocenters. The zero-order valence-electron chi connectivity index (χ0n) is 22.9. The number of benzene rings is 1. The Balaban J connectivity index is 1.76. The van der Waals surface area contributed by atoms with E-state index in [-0.39, 0.29) is 31.9 Å². The fourth-order valence-electron chi connectivity index (χ4n) is 4.16. The number of hydrogen-bond acceptors (Lipinski definition) is 7. The minimum atomic E-state index is -4.68. The van der Waals surface area contributed by atoms with Gasteiger partial charge in [0.1, 0.15) is 11.7 Å². The lowest BCUT2D eigenvalue weighted by Gasteiger charge is -2.36. The van der Waals surface area contributed by atoms with Crippen molar-refractivity contribution in [3.05, 3.63) is 48.2 Å². The van der Waals surface area contributed by atoms with Crippen LogP contribution < -0.4 is 10.6 Å². The van der Waals surface area contributed by atoms with Crippen molar-refractivity contribution in [3.8, 4) is 11.3 Å². The molecule has 4 N–H and O–H groups in total. The van der Waals surface area contributed by atoms with Crippen LogP contribution in [0.1, 0.15) is 43.6 Å². The molecule has 2 heterocycles. The Hall–Kier alpha value is -3.47. The number of unbranched alkanes of at least 4 members (excludes halogenated alkanes) is 1. The van der Waals surface area contributed by atoms with Crippen LogP contribution in [0.3, 0.4) is 0 Å². The first-order valence-electron chi connectivity index (χ1n) is 13.5. The SMILES string of the molecule is CCCCOC(=O)N1CCN(C(=O)C(CP(=O)(O)O)NC(=O)c2cc(NCCC)cc(-c3ccccc3)n2)CC1. The van der Waals surface area contributed by atoms with E-state index in [1.54, 1.807) is 6.07 Å². The molecule has 1 aromatic heterocycles. The van der Waals surface area contributed by atoms with E-state index in [1.807, 2.05) is 50.2 Å². The third-order valence-corrected chi connectivity index (χ3v) is 7.14. The summed E-state index contributed by atoms with van der Waals surface area (Å²) >= 11 is 0. The van der Waals surface area contributed by atoms with Gasteiger partial charge in [-0.25, -0.2) is 9.78 Å². The van der Waals surface area contributed by atoms with E-state index in [0.717, 1.165) is 24.8 Å². The average molecular weight is 576 g/mol. The van der Waals surface area contributed by atoms with Gasteiger partial charge in [-0.15, -0.1) is 0 Å². The van der Waals surface area contributed by atoms with Crippen LogP contribution in [-0.2, 0) is 14.1 Å². The van der Waals surface area contributed by atoms with Gasteiger partial charge in [0.05, 0.1) is 18.5 Å². The van der Waals surface area contributed by atoms with E-state index in [9.17, 15) is 28.7 Å². The number of anilines is 1. The number of ether oxygens (including phenoxy) is 1. The Labute approximate surface area is 234 Å². The summed E-state index contributed by atoms with van der Waals surface area (Å²) in [6, 6.07) is 11.1. The molecule has 0 saturated carbocycles. The monoisotopic (exact) mass is 575 g/mol. The molecule has 1 aromatic carbocycles. The van der Waals surface area contributed by atoms with Gasteiger partial charge in [-0.3, -0.25) is 14.2 Å². The number of aromatic nitrogens is 1. The Morgan fingerprint density at radius 2 is 1.70 bits per heavy atom. The quantitative estimate of drug-likeness (QED) is 0.220. The van der Waals surface area contributed by atoms with Crippen LogP contribution in [0.4, 0.5) is 10.5 Å². The van der Waals surface area contributed by atoms with E-state index < -0.39 is 37.7 Å². The highest BCUT2D eigenvalue weighted by molar-refractivity contribution is 7.51. The van der Waals surface area contributed by atoms with Gasteiger partial charge in [-0.05, 0) is 25.0 Å². The second-order valence-corrected chi connectivity index (χ2v) is 11.3. The van der Waals surface area contributed by atoms with Gasteiger partial charge in [-0.1, -0.05) is 50.6 Å². The Kier molecular flexibility index (Phi) is 11.5. The van der Waals surface area contributed by atoms with Gasteiger partial charge < -0.3 is 35.0 Å². The van der Waals surface area contributed by atoms with Crippen molar-refractivity contribution in [2.24, 2.45) is 0 Å². The molecular weight excluding hydrogens is 537 g/mol. The number of hydrogen-bond donors (Lipinski definition) is 4. The molecule has 2 aromatic rings. The third kappa shape index (κ3) is 9.32. The predicted molar refractivity (Wildman–Crippen MR) is 151 cm³/mol. The molecule has 218 valence electrons. The number of amides is 3. The highest BCUT2D eigenvalue weighted by Gasteiger charge is 2.35. The summed E-state index contributed by atoms with van der Waals surface area (Å²) in [6.07, 6.45) is 1.18. The number of pyridine rings is 1. The number of rotatable bonds is 12. The molecule has 12 nitrogen and oxygen atoms in total. The summed E-state index contributed by atoms with van der Waals surface area (Å²) < 4.78 is 17.1. The average Bonchev–Trinajstić information content (AvgIpc) is 2.95. The summed E-state index contributed by atoms with van der Waals surface area (Å²) in [4.78, 5) is 65.5. The van der Waals surface area contributed by atoms with Gasteiger partial charge in [0.25, 0.3) is 5.91 Å². The smallest absolute Gasteiger partial charge is 0.409 e. The third-order valence-electron chi connectivity index (χ3n) is 6.30. The Morgan fingerprint density at radius 1 is 1.02 bits per heavy atom. The maximum atomic E-state index is 13.3. The van der Waals surface area contributed by atoms with Crippen molar-refractivity contribution in [2.75, 3.05) is 50.8 Å². The highest BCUT2D eigenvalue weighted by atomic mass is 31.2. The lowest BCUT2D eigenvalue weighted by atomic mass is 10.1. The lowest BCUT2D eigenvalue weighted by molar-refractivity contribution is -0.134. The molecular formula is C27H38N5O7P. The maximum Gasteiger partial charge on any atom is 0.409 e. The fraction of sp³-hybridized carbons (Fsp3) is 0.481. The molecule has 1 aliphatic heterocycles. The minimum Gasteiger partial charge on any atom is -0.449 e. The molecule has 0 radical (unpaired) electrons. The topological polar surface area (TPSA) is 161 Å². The fourth-order valence-corrected chi connectivity index (χ4v) is 4.88. The van der Waals surface area contributed by atoms with Crippen LogP contribution in [0.15, 0.2) is 42.5 Å². The molecule has 13 heteroatoms. The molecule has 1 fully saturated rings. The first-order valence-corrected chi connectivity index (χ1v) is 15.3. The number of nitrogens with zero attached hydrogens (tertiary/aromatic N) is 3. The number of carbonyl (C=O) groups is 3. The largest absolute Gasteiger partial charge is 0.449 e. The molecule has 0 bridgehead atoms. The Bertz CT molecular complexity index is 1200. The van der Waals surface area contributed by atoms with E-state index in [0.29, 0.717) is 24.5 Å². The van der Waals surface area contributed by atoms with Crippen molar-refractivity contribution in [1.29, 1.82) is 0 Å². The highest BCUT2D eigenvalue weighted by Crippen LogP contribution is 2.35. The lowest BCUT2D eigenvalue weighted by Crippen LogP contribution is -2.56. The molecule has 3 rings (SSSR count). The molecule has 40 heavy (non-hydrogen) atoms. The van der Waals surface area contributed by atoms with Gasteiger partial charge in [0.15, 0.2) is 0 Å². The van der Waals surface area contributed by atoms with Gasteiger partial charge in [0.2, 0.25) is 5.91 Å². The van der Waals surface area contributed by atoms with Crippen LogP contribution in [0.25, 0.3) is 11.3 Å². The first kappa shape index (κ1) is 31.1. The number of carbonyl (C=O) groups excluding carboxylic acids is 3. The minimum absolute atomic E-state index is 0.00288. The summed E-state index contributed by atoms with van der Waals surface area (Å²) in [5.74, 6) is -1.37. The van der Waals surface area contributed by atoms with Crippen molar-refractivity contribution < 1.29 is 33.5 Å². The number of piperazine rings is 1. The van der Waals surface area contributed by atoms with E-state index >= 15 is 0 Å². The maximum absolute atomic E-state index is 13.3. The normalized spacial score (nSPS) is 14.4. The number of nitrogens with one attached hydrogen (secondary N) is 2. The molecule has 3 amide bonds. The zero-order chi connectivity index (χ0) is 29.1. The summed E-state index contributed by atoms with van der Waals surface area (Å²) in [5.41, 5.74) is 1.97. The Morgan fingerprint density at radius 3 is 2.33 bits per heavy atom. The van der Waals surface area contributed by atoms with Crippen LogP contribution in [0, 0.1) is 0 Å². The van der Waals surface area contributed by atoms with Gasteiger partial charge >= 0.3 is 13.7 Å². The molecule has 1 aliphatic rings. The van der Waals surface area contributed by atoms with E-state index in [2.05, 4.69) is 15.6 Å². The van der Waals surface area contributed by atoms with Crippen molar-refractivity contribution in [2.45, 2.75) is 39.2 Å². The van der Waals surface area contributed by atoms with E-state index in [1.165, 1.54) is 9.80 Å². The zero-order valence-corrected chi connectivity index (χ0v) is 23.8. The molecule has 0 aliphatic carbocycles. The van der Waals surface area contributed by atoms with Crippen molar-refractivity contribution >= 4 is 31.2 Å². The van der Waals surface area contributed by atoms with Crippen LogP contribution >= 0.6 is 7.60 Å². The molecule has 1 saturated heterocycles. The first-order chi connectivity index (χ1) is 19.1. The second kappa shape index (κ2) is 14.8. The summed E-state index contributed by atoms with van der Waals surface area (Å²) in [5, 5.41) is 5.73. The predicted octanol–water partition coefficient (Wildman–Crippen LogP) is 2.93. The van der Waals surface area contributed by atoms with Crippen LogP contribution in [0.2, 0.25) is 0 Å². The van der Waals surface area contributed by atoms with Crippen LogP contribution in [-0.4, -0.2) is 94.0 Å². The van der Waals surface area contributed by atoms with Crippen molar-refractivity contribution in [3.63, 3.8) is 0 Å². The molecule has 1 unspecified atom stereocenters. The standard InChI is InChI=1S/C27H38N5O7P/c1-3-5-16-39-27(35)32-14-12-31(13-15-32)26(34)24(19-40(36,37)38)30-25(33)23-18-21(28-11-4-2)17-22(29-23)20-9-7-6-8-10-20/h6-10,17-18,24H,3-5,11-16,19H2,1-2H3,(H,28,29)(H,30,33)(H2,36,37,38). The second-order valence-electron chi connectivity index (χ2n) is 9.57. The van der Waals surface area contributed by atoms with Crippen LogP contribution in [0.5, 0.6) is 0 Å². The van der Waals surface area contributed by atoms with E-state index in [4.69, 9.17) is 4.74 Å². The summed E-state index contributed by atoms with van der Waals surface area (Å²) in [7, 11) is -4.68. The van der Waals surface area contributed by atoms with Crippen molar-refractivity contribution in [1.82, 2.24) is 20.1 Å². The summed E-state index contributed by atoms with van der Waals surface area (Å²) in [6.45, 7) is 5.68.